The van der Waals surface area contributed by atoms with Crippen LogP contribution in [0, 0.1) is 16.7 Å². The van der Waals surface area contributed by atoms with Crippen molar-refractivity contribution in [2.45, 2.75) is 0 Å². The fourth-order valence-electron chi connectivity index (χ4n) is 1.75. The Morgan fingerprint density at radius 3 is 2.70 bits per heavy atom. The number of benzene rings is 2. The van der Waals surface area contributed by atoms with Gasteiger partial charge in [-0.2, -0.15) is 5.26 Å². The van der Waals surface area contributed by atoms with E-state index in [0.717, 1.165) is 0 Å². The fraction of sp³-hybridized carbons (Fsp3) is 0.0667. The summed E-state index contributed by atoms with van der Waals surface area (Å²) in [5.74, 6) is 0.813. The van der Waals surface area contributed by atoms with E-state index in [4.69, 9.17) is 27.0 Å². The van der Waals surface area contributed by atoms with Crippen molar-refractivity contribution in [2.75, 3.05) is 12.4 Å². The summed E-state index contributed by atoms with van der Waals surface area (Å²) in [5, 5.41) is 20.2. The molecule has 0 heterocycles. The summed E-state index contributed by atoms with van der Waals surface area (Å²) in [6.45, 7) is 0. The van der Waals surface area contributed by atoms with Gasteiger partial charge >= 0.3 is 0 Å². The number of methoxy groups -OCH3 is 1. The lowest BCUT2D eigenvalue weighted by Gasteiger charge is -2.12. The van der Waals surface area contributed by atoms with Crippen molar-refractivity contribution in [3.8, 4) is 11.8 Å². The van der Waals surface area contributed by atoms with Gasteiger partial charge in [0.05, 0.1) is 23.3 Å². The molecule has 0 fully saturated rings. The average Bonchev–Trinajstić information content (AvgIpc) is 2.47. The predicted octanol–water partition coefficient (Wildman–Crippen LogP) is 3.66. The number of hydrogen-bond donors (Lipinski definition) is 2. The number of para-hydroxylation sites is 1. The van der Waals surface area contributed by atoms with Gasteiger partial charge < -0.3 is 10.1 Å². The molecule has 0 unspecified atom stereocenters. The number of nitriles is 1. The molecular weight excluding hydrogens is 274 g/mol. The Hall–Kier alpha value is -2.51. The van der Waals surface area contributed by atoms with Crippen molar-refractivity contribution >= 4 is 23.1 Å². The van der Waals surface area contributed by atoms with Crippen LogP contribution in [0.15, 0.2) is 42.5 Å². The number of ether oxygens (including phenoxy) is 1. The van der Waals surface area contributed by atoms with E-state index in [1.807, 2.05) is 18.2 Å². The van der Waals surface area contributed by atoms with Crippen LogP contribution in [0.2, 0.25) is 5.02 Å². The lowest BCUT2D eigenvalue weighted by atomic mass is 10.1. The van der Waals surface area contributed by atoms with Crippen LogP contribution in [0.1, 0.15) is 11.1 Å². The molecule has 0 atom stereocenters. The van der Waals surface area contributed by atoms with Crippen molar-refractivity contribution in [3.05, 3.63) is 58.6 Å². The fourth-order valence-corrected chi connectivity index (χ4v) is 1.97. The smallest absolute Gasteiger partial charge is 0.133 e. The second-order valence-corrected chi connectivity index (χ2v) is 4.41. The standard InChI is InChI=1S/C15H12ClN3O/c1-20-14-5-3-2-4-12(14)15(18)19-11-7-6-10(9-17)13(16)8-11/h2-8H,1H3,(H2,18,19). The van der Waals surface area contributed by atoms with E-state index in [1.165, 1.54) is 0 Å². The Bertz CT molecular complexity index is 692. The minimum absolute atomic E-state index is 0.197. The first-order valence-electron chi connectivity index (χ1n) is 5.84. The van der Waals surface area contributed by atoms with Crippen molar-refractivity contribution in [3.63, 3.8) is 0 Å². The number of rotatable bonds is 3. The molecule has 100 valence electrons. The van der Waals surface area contributed by atoms with Crippen LogP contribution < -0.4 is 10.1 Å². The number of halogens is 1. The zero-order chi connectivity index (χ0) is 14.5. The van der Waals surface area contributed by atoms with Crippen molar-refractivity contribution in [1.82, 2.24) is 0 Å². The van der Waals surface area contributed by atoms with Crippen LogP contribution >= 0.6 is 11.6 Å². The van der Waals surface area contributed by atoms with Crippen LogP contribution in [-0.2, 0) is 0 Å². The maximum atomic E-state index is 8.82. The Balaban J connectivity index is 2.24. The van der Waals surface area contributed by atoms with E-state index in [1.54, 1.807) is 37.4 Å². The van der Waals surface area contributed by atoms with Gasteiger partial charge in [0.15, 0.2) is 0 Å². The predicted molar refractivity (Wildman–Crippen MR) is 79.6 cm³/mol. The van der Waals surface area contributed by atoms with Gasteiger partial charge in [-0.15, -0.1) is 0 Å². The molecule has 0 aliphatic carbocycles. The van der Waals surface area contributed by atoms with Gasteiger partial charge in [-0.25, -0.2) is 0 Å². The van der Waals surface area contributed by atoms with E-state index in [0.29, 0.717) is 27.6 Å². The molecule has 2 rings (SSSR count). The third kappa shape index (κ3) is 2.90. The van der Waals surface area contributed by atoms with Crippen LogP contribution in [0.4, 0.5) is 5.69 Å². The van der Waals surface area contributed by atoms with Gasteiger partial charge in [0, 0.05) is 5.69 Å². The van der Waals surface area contributed by atoms with Crippen LogP contribution in [0.5, 0.6) is 5.75 Å². The largest absolute Gasteiger partial charge is 0.496 e. The number of nitrogens with one attached hydrogen (secondary N) is 2. The second kappa shape index (κ2) is 6.09. The third-order valence-electron chi connectivity index (χ3n) is 2.74. The first-order valence-corrected chi connectivity index (χ1v) is 6.22. The molecular formula is C15H12ClN3O. The van der Waals surface area contributed by atoms with Gasteiger partial charge in [0.1, 0.15) is 17.7 Å². The molecule has 5 heteroatoms. The lowest BCUT2D eigenvalue weighted by molar-refractivity contribution is 0.414. The van der Waals surface area contributed by atoms with E-state index in [-0.39, 0.29) is 5.84 Å². The van der Waals surface area contributed by atoms with Gasteiger partial charge in [0.2, 0.25) is 0 Å². The molecule has 0 aliphatic rings. The Labute approximate surface area is 122 Å². The van der Waals surface area contributed by atoms with Crippen molar-refractivity contribution in [2.24, 2.45) is 0 Å². The zero-order valence-corrected chi connectivity index (χ0v) is 11.5. The molecule has 0 spiro atoms. The topological polar surface area (TPSA) is 68.9 Å². The second-order valence-electron chi connectivity index (χ2n) is 4.01. The summed E-state index contributed by atoms with van der Waals surface area (Å²) in [7, 11) is 1.56. The van der Waals surface area contributed by atoms with Gasteiger partial charge in [-0.05, 0) is 30.3 Å². The summed E-state index contributed by atoms with van der Waals surface area (Å²) in [5.41, 5.74) is 1.70. The third-order valence-corrected chi connectivity index (χ3v) is 3.05. The number of hydrogen-bond acceptors (Lipinski definition) is 3. The number of nitrogens with zero attached hydrogens (tertiary/aromatic N) is 1. The molecule has 0 aromatic heterocycles. The number of anilines is 1. The van der Waals surface area contributed by atoms with E-state index < -0.39 is 0 Å². The quantitative estimate of drug-likeness (QED) is 0.668. The highest BCUT2D eigenvalue weighted by Gasteiger charge is 2.09. The minimum Gasteiger partial charge on any atom is -0.496 e. The molecule has 0 bridgehead atoms. The molecule has 2 N–H and O–H groups in total. The molecule has 2 aromatic rings. The minimum atomic E-state index is 0.197. The zero-order valence-electron chi connectivity index (χ0n) is 10.8. The first kappa shape index (κ1) is 13.9. The monoisotopic (exact) mass is 285 g/mol. The highest BCUT2D eigenvalue weighted by molar-refractivity contribution is 6.32. The van der Waals surface area contributed by atoms with Gasteiger partial charge in [0.25, 0.3) is 0 Å². The Morgan fingerprint density at radius 1 is 1.30 bits per heavy atom. The molecule has 0 amide bonds. The average molecular weight is 286 g/mol. The summed E-state index contributed by atoms with van der Waals surface area (Å²) in [4.78, 5) is 0. The Morgan fingerprint density at radius 2 is 2.05 bits per heavy atom. The van der Waals surface area contributed by atoms with E-state index in [2.05, 4.69) is 5.32 Å². The van der Waals surface area contributed by atoms with E-state index >= 15 is 0 Å². The lowest BCUT2D eigenvalue weighted by Crippen LogP contribution is -2.13. The molecule has 0 saturated heterocycles. The molecule has 0 aliphatic heterocycles. The van der Waals surface area contributed by atoms with Gasteiger partial charge in [-0.3, -0.25) is 5.41 Å². The van der Waals surface area contributed by atoms with Crippen molar-refractivity contribution in [1.29, 1.82) is 10.7 Å². The summed E-state index contributed by atoms with van der Waals surface area (Å²) in [6, 6.07) is 14.2. The van der Waals surface area contributed by atoms with Gasteiger partial charge in [-0.1, -0.05) is 23.7 Å². The maximum absolute atomic E-state index is 8.82. The molecule has 20 heavy (non-hydrogen) atoms. The van der Waals surface area contributed by atoms with Crippen LogP contribution in [0.25, 0.3) is 0 Å². The van der Waals surface area contributed by atoms with Crippen LogP contribution in [-0.4, -0.2) is 12.9 Å². The summed E-state index contributed by atoms with van der Waals surface area (Å²) >= 11 is 5.96. The summed E-state index contributed by atoms with van der Waals surface area (Å²) < 4.78 is 5.21. The summed E-state index contributed by atoms with van der Waals surface area (Å²) in [6.07, 6.45) is 0. The maximum Gasteiger partial charge on any atom is 0.133 e. The molecule has 0 radical (unpaired) electrons. The van der Waals surface area contributed by atoms with Crippen LogP contribution in [0.3, 0.4) is 0 Å². The number of amidine groups is 1. The molecule has 2 aromatic carbocycles. The highest BCUT2D eigenvalue weighted by Crippen LogP contribution is 2.22. The van der Waals surface area contributed by atoms with Crippen molar-refractivity contribution < 1.29 is 4.74 Å². The Kier molecular flexibility index (Phi) is 4.24. The molecule has 4 nitrogen and oxygen atoms in total. The SMILES string of the molecule is COc1ccccc1C(=N)Nc1ccc(C#N)c(Cl)c1. The molecule has 0 saturated carbocycles. The highest BCUT2D eigenvalue weighted by atomic mass is 35.5. The van der Waals surface area contributed by atoms with E-state index in [9.17, 15) is 0 Å². The normalized spacial score (nSPS) is 9.65. The first-order chi connectivity index (χ1) is 9.65.